The zero-order valence-corrected chi connectivity index (χ0v) is 12.5. The first-order valence-corrected chi connectivity index (χ1v) is 7.61. The third-order valence-electron chi connectivity index (χ3n) is 5.06. The molecule has 0 saturated carbocycles. The van der Waals surface area contributed by atoms with Crippen molar-refractivity contribution in [1.82, 2.24) is 10.3 Å². The van der Waals surface area contributed by atoms with Crippen molar-refractivity contribution in [3.8, 4) is 11.5 Å². The molecule has 0 amide bonds. The van der Waals surface area contributed by atoms with Crippen molar-refractivity contribution in [3.05, 3.63) is 23.8 Å². The predicted octanol–water partition coefficient (Wildman–Crippen LogP) is 1.80. The van der Waals surface area contributed by atoms with E-state index in [-0.39, 0.29) is 6.04 Å². The Morgan fingerprint density at radius 2 is 2.00 bits per heavy atom. The number of ether oxygens (including phenoxy) is 2. The number of benzene rings is 1. The molecule has 0 spiro atoms. The van der Waals surface area contributed by atoms with Crippen LogP contribution in [0.5, 0.6) is 11.5 Å². The molecule has 1 aromatic rings. The molecule has 5 heteroatoms. The fourth-order valence-electron chi connectivity index (χ4n) is 3.98. The van der Waals surface area contributed by atoms with Crippen LogP contribution in [0.4, 0.5) is 0 Å². The number of methoxy groups -OCH3 is 2. The van der Waals surface area contributed by atoms with E-state index in [0.717, 1.165) is 17.1 Å². The molecular weight excluding hydrogens is 266 g/mol. The summed E-state index contributed by atoms with van der Waals surface area (Å²) in [6.45, 7) is 2.36. The molecule has 2 atom stereocenters. The third-order valence-corrected chi connectivity index (χ3v) is 5.06. The minimum absolute atomic E-state index is 0.160. The number of hydrogen-bond acceptors (Lipinski definition) is 5. The smallest absolute Gasteiger partial charge is 0.124 e. The summed E-state index contributed by atoms with van der Waals surface area (Å²) >= 11 is 0. The highest BCUT2D eigenvalue weighted by molar-refractivity contribution is 5.95. The standard InChI is InChI=1S/C16H21N3O2/c1-20-11-3-4-13(21-2)12(9-11)15-16-14(17-18-15)10-5-7-19(16)8-6-10/h3-4,9-10,15-16,18H,5-8H2,1-2H3. The van der Waals surface area contributed by atoms with Crippen LogP contribution in [-0.2, 0) is 0 Å². The molecule has 0 radical (unpaired) electrons. The lowest BCUT2D eigenvalue weighted by Crippen LogP contribution is -2.56. The first kappa shape index (κ1) is 13.0. The zero-order chi connectivity index (χ0) is 14.4. The molecule has 5 rings (SSSR count). The van der Waals surface area contributed by atoms with Crippen molar-refractivity contribution in [2.24, 2.45) is 11.0 Å². The van der Waals surface area contributed by atoms with E-state index in [0.29, 0.717) is 12.0 Å². The van der Waals surface area contributed by atoms with Crippen LogP contribution in [0, 0.1) is 5.92 Å². The molecule has 3 saturated heterocycles. The second-order valence-electron chi connectivity index (χ2n) is 6.01. The summed E-state index contributed by atoms with van der Waals surface area (Å²) in [6.07, 6.45) is 2.50. The molecule has 0 aromatic heterocycles. The van der Waals surface area contributed by atoms with E-state index in [2.05, 4.69) is 21.5 Å². The minimum Gasteiger partial charge on any atom is -0.497 e. The van der Waals surface area contributed by atoms with Crippen molar-refractivity contribution in [2.75, 3.05) is 27.3 Å². The Morgan fingerprint density at radius 3 is 2.71 bits per heavy atom. The number of piperidine rings is 3. The highest BCUT2D eigenvalue weighted by Crippen LogP contribution is 2.41. The SMILES string of the molecule is COc1ccc(OC)c(C2NN=C3C4CCN(CC4)C32)c1. The van der Waals surface area contributed by atoms with Gasteiger partial charge in [-0.15, -0.1) is 0 Å². The molecule has 3 fully saturated rings. The lowest BCUT2D eigenvalue weighted by Gasteiger charge is -2.45. The Hall–Kier alpha value is -1.75. The van der Waals surface area contributed by atoms with Gasteiger partial charge in [0, 0.05) is 11.5 Å². The molecular formula is C16H21N3O2. The average Bonchev–Trinajstić information content (AvgIpc) is 3.02. The van der Waals surface area contributed by atoms with E-state index in [1.54, 1.807) is 14.2 Å². The molecule has 4 aliphatic heterocycles. The van der Waals surface area contributed by atoms with Crippen LogP contribution in [0.2, 0.25) is 0 Å². The van der Waals surface area contributed by atoms with Gasteiger partial charge in [0.1, 0.15) is 11.5 Å². The van der Waals surface area contributed by atoms with Gasteiger partial charge >= 0.3 is 0 Å². The lowest BCUT2D eigenvalue weighted by molar-refractivity contribution is 0.133. The first-order chi connectivity index (χ1) is 10.3. The number of hydrazone groups is 1. The van der Waals surface area contributed by atoms with Crippen LogP contribution >= 0.6 is 0 Å². The van der Waals surface area contributed by atoms with E-state index in [9.17, 15) is 0 Å². The van der Waals surface area contributed by atoms with Gasteiger partial charge in [-0.05, 0) is 44.1 Å². The van der Waals surface area contributed by atoms with Gasteiger partial charge in [0.2, 0.25) is 0 Å². The Morgan fingerprint density at radius 1 is 1.19 bits per heavy atom. The van der Waals surface area contributed by atoms with Gasteiger partial charge in [0.05, 0.1) is 32.0 Å². The minimum atomic E-state index is 0.160. The van der Waals surface area contributed by atoms with Crippen LogP contribution in [0.15, 0.2) is 23.3 Å². The van der Waals surface area contributed by atoms with Crippen molar-refractivity contribution in [1.29, 1.82) is 0 Å². The van der Waals surface area contributed by atoms with Gasteiger partial charge in [0.25, 0.3) is 0 Å². The molecule has 2 bridgehead atoms. The molecule has 1 aromatic carbocycles. The summed E-state index contributed by atoms with van der Waals surface area (Å²) in [5, 5.41) is 4.66. The van der Waals surface area contributed by atoms with E-state index < -0.39 is 0 Å². The van der Waals surface area contributed by atoms with Crippen LogP contribution < -0.4 is 14.9 Å². The Bertz CT molecular complexity index is 579. The Labute approximate surface area is 124 Å². The molecule has 4 heterocycles. The first-order valence-electron chi connectivity index (χ1n) is 7.61. The van der Waals surface area contributed by atoms with E-state index in [1.807, 2.05) is 12.1 Å². The quantitative estimate of drug-likeness (QED) is 0.921. The average molecular weight is 287 g/mol. The van der Waals surface area contributed by atoms with Crippen LogP contribution in [-0.4, -0.2) is 44.0 Å². The maximum atomic E-state index is 5.55. The van der Waals surface area contributed by atoms with Crippen LogP contribution in [0.25, 0.3) is 0 Å². The zero-order valence-electron chi connectivity index (χ0n) is 12.5. The molecule has 21 heavy (non-hydrogen) atoms. The van der Waals surface area contributed by atoms with Crippen molar-refractivity contribution in [2.45, 2.75) is 24.9 Å². The summed E-state index contributed by atoms with van der Waals surface area (Å²) in [7, 11) is 3.41. The summed E-state index contributed by atoms with van der Waals surface area (Å²) in [6, 6.07) is 6.52. The summed E-state index contributed by atoms with van der Waals surface area (Å²) in [4.78, 5) is 2.56. The third kappa shape index (κ3) is 1.91. The second-order valence-corrected chi connectivity index (χ2v) is 6.01. The number of hydrogen-bond donors (Lipinski definition) is 1. The lowest BCUT2D eigenvalue weighted by atomic mass is 9.78. The van der Waals surface area contributed by atoms with Crippen LogP contribution in [0.1, 0.15) is 24.4 Å². The van der Waals surface area contributed by atoms with E-state index in [4.69, 9.17) is 9.47 Å². The number of nitrogens with one attached hydrogen (secondary N) is 1. The molecule has 4 aliphatic rings. The van der Waals surface area contributed by atoms with Gasteiger partial charge in [-0.3, -0.25) is 4.90 Å². The molecule has 2 unspecified atom stereocenters. The summed E-state index contributed by atoms with van der Waals surface area (Å²) in [5.74, 6) is 2.42. The van der Waals surface area contributed by atoms with Gasteiger partial charge in [-0.2, -0.15) is 5.10 Å². The van der Waals surface area contributed by atoms with E-state index >= 15 is 0 Å². The number of nitrogens with zero attached hydrogens (tertiary/aromatic N) is 2. The highest BCUT2D eigenvalue weighted by Gasteiger charge is 2.47. The largest absolute Gasteiger partial charge is 0.497 e. The summed E-state index contributed by atoms with van der Waals surface area (Å²) < 4.78 is 10.9. The van der Waals surface area contributed by atoms with Gasteiger partial charge in [-0.25, -0.2) is 0 Å². The number of rotatable bonds is 3. The normalized spacial score (nSPS) is 33.1. The molecule has 0 aliphatic carbocycles. The van der Waals surface area contributed by atoms with Gasteiger partial charge in [0.15, 0.2) is 0 Å². The maximum absolute atomic E-state index is 5.55. The molecule has 112 valence electrons. The van der Waals surface area contributed by atoms with Crippen molar-refractivity contribution < 1.29 is 9.47 Å². The number of fused-ring (bicyclic) bond motifs is 2. The fourth-order valence-corrected chi connectivity index (χ4v) is 3.98. The fraction of sp³-hybridized carbons (Fsp3) is 0.562. The van der Waals surface area contributed by atoms with Gasteiger partial charge in [-0.1, -0.05) is 0 Å². The van der Waals surface area contributed by atoms with Crippen molar-refractivity contribution >= 4 is 5.71 Å². The Balaban J connectivity index is 1.72. The topological polar surface area (TPSA) is 46.1 Å². The maximum Gasteiger partial charge on any atom is 0.124 e. The van der Waals surface area contributed by atoms with Crippen molar-refractivity contribution in [3.63, 3.8) is 0 Å². The summed E-state index contributed by atoms with van der Waals surface area (Å²) in [5.41, 5.74) is 5.82. The van der Waals surface area contributed by atoms with Crippen LogP contribution in [0.3, 0.4) is 0 Å². The molecule has 5 nitrogen and oxygen atoms in total. The highest BCUT2D eigenvalue weighted by atomic mass is 16.5. The van der Waals surface area contributed by atoms with E-state index in [1.165, 1.54) is 31.6 Å². The molecule has 1 N–H and O–H groups in total. The second kappa shape index (κ2) is 4.91. The van der Waals surface area contributed by atoms with Gasteiger partial charge < -0.3 is 14.9 Å². The predicted molar refractivity (Wildman–Crippen MR) is 80.9 cm³/mol. The Kier molecular flexibility index (Phi) is 3.03. The monoisotopic (exact) mass is 287 g/mol.